The summed E-state index contributed by atoms with van der Waals surface area (Å²) in [5.74, 6) is -1.27. The first-order chi connectivity index (χ1) is 6.54. The Hall–Kier alpha value is -0.770. The molecule has 0 fully saturated rings. The maximum atomic E-state index is 13.0. The normalized spacial score (nSPS) is 12.9. The predicted octanol–water partition coefficient (Wildman–Crippen LogP) is 3.44. The van der Waals surface area contributed by atoms with Gasteiger partial charge in [0, 0.05) is 16.2 Å². The second kappa shape index (κ2) is 4.64. The summed E-state index contributed by atoms with van der Waals surface area (Å²) in [6.07, 6.45) is 0.933. The first-order valence-electron chi connectivity index (χ1n) is 4.45. The van der Waals surface area contributed by atoms with Gasteiger partial charge in [-0.05, 0) is 12.5 Å². The maximum Gasteiger partial charge on any atom is 0.150 e. The van der Waals surface area contributed by atoms with Crippen LogP contribution in [0, 0.1) is 11.6 Å². The molecule has 1 nitrogen and oxygen atoms in total. The van der Waals surface area contributed by atoms with Crippen LogP contribution in [0.4, 0.5) is 14.5 Å². The van der Waals surface area contributed by atoms with E-state index >= 15 is 0 Å². The van der Waals surface area contributed by atoms with Gasteiger partial charge >= 0.3 is 0 Å². The summed E-state index contributed by atoms with van der Waals surface area (Å²) in [4.78, 5) is 0.483. The zero-order valence-corrected chi connectivity index (χ0v) is 9.00. The molecule has 0 saturated carbocycles. The first kappa shape index (κ1) is 11.3. The van der Waals surface area contributed by atoms with Gasteiger partial charge in [-0.3, -0.25) is 0 Å². The average molecular weight is 217 g/mol. The minimum atomic E-state index is -0.684. The summed E-state index contributed by atoms with van der Waals surface area (Å²) in [7, 11) is 0. The fourth-order valence-corrected chi connectivity index (χ4v) is 1.96. The molecule has 0 aliphatic carbocycles. The lowest BCUT2D eigenvalue weighted by molar-refractivity contribution is 0.581. The molecule has 0 amide bonds. The number of halogens is 2. The Morgan fingerprint density at radius 3 is 2.64 bits per heavy atom. The number of rotatable bonds is 3. The molecule has 2 N–H and O–H groups in total. The number of hydrogen-bond donors (Lipinski definition) is 1. The minimum Gasteiger partial charge on any atom is -0.395 e. The quantitative estimate of drug-likeness (QED) is 0.620. The molecule has 1 atom stereocenters. The lowest BCUT2D eigenvalue weighted by Crippen LogP contribution is -1.99. The van der Waals surface area contributed by atoms with Gasteiger partial charge in [0.25, 0.3) is 0 Å². The van der Waals surface area contributed by atoms with Gasteiger partial charge in [-0.25, -0.2) is 8.78 Å². The summed E-state index contributed by atoms with van der Waals surface area (Å²) >= 11 is 1.39. The Labute approximate surface area is 86.7 Å². The van der Waals surface area contributed by atoms with Gasteiger partial charge < -0.3 is 5.73 Å². The van der Waals surface area contributed by atoms with Crippen LogP contribution in [-0.4, -0.2) is 5.25 Å². The van der Waals surface area contributed by atoms with Crippen LogP contribution in [-0.2, 0) is 0 Å². The van der Waals surface area contributed by atoms with Crippen LogP contribution in [0.3, 0.4) is 0 Å². The molecule has 0 heterocycles. The first-order valence-corrected chi connectivity index (χ1v) is 5.33. The Bertz CT molecular complexity index is 328. The van der Waals surface area contributed by atoms with Crippen LogP contribution >= 0.6 is 11.8 Å². The molecule has 1 rings (SSSR count). The zero-order valence-electron chi connectivity index (χ0n) is 8.18. The highest BCUT2D eigenvalue weighted by molar-refractivity contribution is 8.00. The minimum absolute atomic E-state index is 0.0386. The molecular formula is C10H13F2NS. The lowest BCUT2D eigenvalue weighted by Gasteiger charge is -2.10. The molecule has 1 aromatic rings. The van der Waals surface area contributed by atoms with Crippen molar-refractivity contribution < 1.29 is 8.78 Å². The molecule has 0 spiro atoms. The standard InChI is InChI=1S/C10H13F2NS/c1-3-6(2)14-9-5-7(11)4-8(12)10(9)13/h4-6H,3,13H2,1-2H3. The monoisotopic (exact) mass is 217 g/mol. The number of benzene rings is 1. The van der Waals surface area contributed by atoms with E-state index in [4.69, 9.17) is 5.73 Å². The number of anilines is 1. The van der Waals surface area contributed by atoms with Crippen molar-refractivity contribution in [1.29, 1.82) is 0 Å². The van der Waals surface area contributed by atoms with Gasteiger partial charge in [-0.2, -0.15) is 0 Å². The zero-order chi connectivity index (χ0) is 10.7. The molecule has 4 heteroatoms. The molecule has 1 aromatic carbocycles. The van der Waals surface area contributed by atoms with Gasteiger partial charge in [0.2, 0.25) is 0 Å². The SMILES string of the molecule is CCC(C)Sc1cc(F)cc(F)c1N. The molecule has 14 heavy (non-hydrogen) atoms. The van der Waals surface area contributed by atoms with Crippen molar-refractivity contribution in [3.63, 3.8) is 0 Å². The molecule has 0 radical (unpaired) electrons. The predicted molar refractivity (Wildman–Crippen MR) is 56.4 cm³/mol. The number of hydrogen-bond acceptors (Lipinski definition) is 2. The summed E-state index contributed by atoms with van der Waals surface area (Å²) in [6, 6.07) is 2.07. The van der Waals surface area contributed by atoms with E-state index in [1.54, 1.807) is 0 Å². The molecule has 0 bridgehead atoms. The van der Waals surface area contributed by atoms with Gasteiger partial charge in [0.15, 0.2) is 0 Å². The number of nitrogen functional groups attached to an aromatic ring is 1. The van der Waals surface area contributed by atoms with Gasteiger partial charge in [0.05, 0.1) is 5.69 Å². The van der Waals surface area contributed by atoms with Gasteiger partial charge in [-0.1, -0.05) is 13.8 Å². The molecule has 0 aliphatic heterocycles. The molecule has 78 valence electrons. The number of nitrogens with two attached hydrogens (primary N) is 1. The topological polar surface area (TPSA) is 26.0 Å². The van der Waals surface area contributed by atoms with E-state index in [1.165, 1.54) is 17.8 Å². The molecule has 0 aliphatic rings. The highest BCUT2D eigenvalue weighted by atomic mass is 32.2. The van der Waals surface area contributed by atoms with Crippen molar-refractivity contribution in [2.24, 2.45) is 0 Å². The second-order valence-corrected chi connectivity index (χ2v) is 4.62. The van der Waals surface area contributed by atoms with Crippen molar-refractivity contribution in [3.05, 3.63) is 23.8 Å². The van der Waals surface area contributed by atoms with Crippen LogP contribution < -0.4 is 5.73 Å². The fourth-order valence-electron chi connectivity index (χ4n) is 0.959. The summed E-state index contributed by atoms with van der Waals surface area (Å²) in [5.41, 5.74) is 5.53. The van der Waals surface area contributed by atoms with E-state index in [-0.39, 0.29) is 5.69 Å². The highest BCUT2D eigenvalue weighted by Crippen LogP contribution is 2.32. The largest absolute Gasteiger partial charge is 0.395 e. The molecule has 0 aromatic heterocycles. The van der Waals surface area contributed by atoms with Crippen LogP contribution in [0.1, 0.15) is 20.3 Å². The van der Waals surface area contributed by atoms with E-state index in [1.807, 2.05) is 13.8 Å². The van der Waals surface area contributed by atoms with Crippen molar-refractivity contribution in [2.45, 2.75) is 30.4 Å². The van der Waals surface area contributed by atoms with E-state index in [9.17, 15) is 8.78 Å². The van der Waals surface area contributed by atoms with E-state index in [0.29, 0.717) is 10.1 Å². The van der Waals surface area contributed by atoms with Gasteiger partial charge in [-0.15, -0.1) is 11.8 Å². The van der Waals surface area contributed by atoms with E-state index in [2.05, 4.69) is 0 Å². The van der Waals surface area contributed by atoms with E-state index in [0.717, 1.165) is 12.5 Å². The summed E-state index contributed by atoms with van der Waals surface area (Å²) in [5, 5.41) is 0.304. The fraction of sp³-hybridized carbons (Fsp3) is 0.400. The molecular weight excluding hydrogens is 204 g/mol. The van der Waals surface area contributed by atoms with Crippen molar-refractivity contribution in [1.82, 2.24) is 0 Å². The van der Waals surface area contributed by atoms with E-state index < -0.39 is 11.6 Å². The van der Waals surface area contributed by atoms with Crippen LogP contribution in [0.15, 0.2) is 17.0 Å². The second-order valence-electron chi connectivity index (χ2n) is 3.14. The smallest absolute Gasteiger partial charge is 0.150 e. The van der Waals surface area contributed by atoms with Gasteiger partial charge in [0.1, 0.15) is 11.6 Å². The average Bonchev–Trinajstić information content (AvgIpc) is 2.13. The van der Waals surface area contributed by atoms with Crippen molar-refractivity contribution in [3.8, 4) is 0 Å². The van der Waals surface area contributed by atoms with Crippen molar-refractivity contribution in [2.75, 3.05) is 5.73 Å². The Morgan fingerprint density at radius 1 is 1.43 bits per heavy atom. The Kier molecular flexibility index (Phi) is 3.75. The number of thioether (sulfide) groups is 1. The third-order valence-corrected chi connectivity index (χ3v) is 3.29. The maximum absolute atomic E-state index is 13.0. The van der Waals surface area contributed by atoms with Crippen LogP contribution in [0.25, 0.3) is 0 Å². The Balaban J connectivity index is 2.96. The third-order valence-electron chi connectivity index (χ3n) is 1.96. The third kappa shape index (κ3) is 2.61. The van der Waals surface area contributed by atoms with Crippen LogP contribution in [0.5, 0.6) is 0 Å². The van der Waals surface area contributed by atoms with Crippen molar-refractivity contribution >= 4 is 17.4 Å². The molecule has 1 unspecified atom stereocenters. The summed E-state index contributed by atoms with van der Waals surface area (Å²) < 4.78 is 25.9. The molecule has 0 saturated heterocycles. The highest BCUT2D eigenvalue weighted by Gasteiger charge is 2.11. The lowest BCUT2D eigenvalue weighted by atomic mass is 10.3. The van der Waals surface area contributed by atoms with Crippen LogP contribution in [0.2, 0.25) is 0 Å². The summed E-state index contributed by atoms with van der Waals surface area (Å²) in [6.45, 7) is 4.01. The Morgan fingerprint density at radius 2 is 2.07 bits per heavy atom.